The van der Waals surface area contributed by atoms with Gasteiger partial charge in [-0.25, -0.2) is 0 Å². The predicted molar refractivity (Wildman–Crippen MR) is 138 cm³/mol. The van der Waals surface area contributed by atoms with Crippen molar-refractivity contribution in [1.82, 2.24) is 0 Å². The zero-order valence-corrected chi connectivity index (χ0v) is 22.0. The number of rotatable bonds is 5. The summed E-state index contributed by atoms with van der Waals surface area (Å²) in [5, 5.41) is 23.2. The topological polar surface area (TPSA) is 49.7 Å². The number of aryl methyl sites for hydroxylation is 2. The van der Waals surface area contributed by atoms with E-state index in [1.807, 2.05) is 0 Å². The summed E-state index contributed by atoms with van der Waals surface area (Å²) in [5.74, 6) is 0.473. The summed E-state index contributed by atoms with van der Waals surface area (Å²) in [7, 11) is 0. The Morgan fingerprint density at radius 3 is 1.58 bits per heavy atom. The maximum atomic E-state index is 11.6. The van der Waals surface area contributed by atoms with E-state index in [-0.39, 0.29) is 22.9 Å². The molecule has 1 unspecified atom stereocenters. The predicted octanol–water partition coefficient (Wildman–Crippen LogP) is 7.52. The van der Waals surface area contributed by atoms with Gasteiger partial charge in [-0.05, 0) is 65.2 Å². The highest BCUT2D eigenvalue weighted by molar-refractivity contribution is 5.57. The zero-order chi connectivity index (χ0) is 24.6. The number of phenolic OH excluding ortho intramolecular Hbond substituents is 2. The fourth-order valence-electron chi connectivity index (χ4n) is 5.06. The van der Waals surface area contributed by atoms with Crippen molar-refractivity contribution >= 4 is 0 Å². The number of hydrogen-bond donors (Lipinski definition) is 2. The fraction of sp³-hybridized carbons (Fsp3) is 0.600. The zero-order valence-electron chi connectivity index (χ0n) is 22.0. The van der Waals surface area contributed by atoms with Gasteiger partial charge in [0.25, 0.3) is 0 Å². The minimum absolute atomic E-state index is 0.0737. The van der Waals surface area contributed by atoms with Gasteiger partial charge in [0.05, 0.1) is 6.10 Å². The molecule has 1 aliphatic rings. The molecule has 0 radical (unpaired) electrons. The average Bonchev–Trinajstić information content (AvgIpc) is 2.75. The van der Waals surface area contributed by atoms with Crippen LogP contribution in [-0.4, -0.2) is 22.9 Å². The van der Waals surface area contributed by atoms with Crippen LogP contribution in [-0.2, 0) is 28.4 Å². The molecule has 1 saturated heterocycles. The molecular weight excluding hydrogens is 408 g/mol. The number of ether oxygens (including phenoxy) is 1. The minimum atomic E-state index is -0.217. The van der Waals surface area contributed by atoms with Gasteiger partial charge < -0.3 is 14.9 Å². The van der Waals surface area contributed by atoms with E-state index in [2.05, 4.69) is 79.7 Å². The van der Waals surface area contributed by atoms with Gasteiger partial charge in [0.15, 0.2) is 0 Å². The van der Waals surface area contributed by atoms with E-state index in [1.165, 1.54) is 11.1 Å². The highest BCUT2D eigenvalue weighted by Crippen LogP contribution is 2.47. The second-order valence-electron chi connectivity index (χ2n) is 11.8. The lowest BCUT2D eigenvalue weighted by Crippen LogP contribution is -2.28. The van der Waals surface area contributed by atoms with Crippen molar-refractivity contribution in [2.45, 2.75) is 110 Å². The third kappa shape index (κ3) is 5.40. The summed E-state index contributed by atoms with van der Waals surface area (Å²) in [5.41, 5.74) is 5.72. The minimum Gasteiger partial charge on any atom is -0.507 e. The van der Waals surface area contributed by atoms with Crippen molar-refractivity contribution in [1.29, 1.82) is 0 Å². The SMILES string of the molecule is CCc1cc(C(c2cc(CC)cc(C(C)(C)C)c2O)C2CCCCO2)c(O)c(C(C)(C)C)c1. The van der Waals surface area contributed by atoms with Crippen LogP contribution in [0.25, 0.3) is 0 Å². The van der Waals surface area contributed by atoms with E-state index in [4.69, 9.17) is 4.74 Å². The van der Waals surface area contributed by atoms with E-state index in [0.717, 1.165) is 61.0 Å². The Kier molecular flexibility index (Phi) is 7.53. The Morgan fingerprint density at radius 1 is 0.788 bits per heavy atom. The van der Waals surface area contributed by atoms with E-state index in [0.29, 0.717) is 11.5 Å². The summed E-state index contributed by atoms with van der Waals surface area (Å²) in [6.07, 6.45) is 4.79. The Labute approximate surface area is 201 Å². The summed E-state index contributed by atoms with van der Waals surface area (Å²) < 4.78 is 6.33. The fourth-order valence-corrected chi connectivity index (χ4v) is 5.06. The molecule has 33 heavy (non-hydrogen) atoms. The van der Waals surface area contributed by atoms with E-state index < -0.39 is 0 Å². The molecule has 182 valence electrons. The largest absolute Gasteiger partial charge is 0.507 e. The molecular formula is C30H44O3. The monoisotopic (exact) mass is 452 g/mol. The van der Waals surface area contributed by atoms with E-state index in [1.54, 1.807) is 0 Å². The quantitative estimate of drug-likeness (QED) is 0.493. The van der Waals surface area contributed by atoms with Crippen LogP contribution in [0.4, 0.5) is 0 Å². The molecule has 1 atom stereocenters. The molecule has 3 nitrogen and oxygen atoms in total. The molecule has 1 fully saturated rings. The average molecular weight is 453 g/mol. The molecule has 0 spiro atoms. The van der Waals surface area contributed by atoms with Gasteiger partial charge in [-0.3, -0.25) is 0 Å². The van der Waals surface area contributed by atoms with Crippen molar-refractivity contribution in [3.05, 3.63) is 57.6 Å². The summed E-state index contributed by atoms with van der Waals surface area (Å²) >= 11 is 0. The second-order valence-corrected chi connectivity index (χ2v) is 11.8. The van der Waals surface area contributed by atoms with E-state index >= 15 is 0 Å². The van der Waals surface area contributed by atoms with Crippen LogP contribution in [0.15, 0.2) is 24.3 Å². The van der Waals surface area contributed by atoms with Crippen LogP contribution in [0.2, 0.25) is 0 Å². The molecule has 2 aromatic rings. The smallest absolute Gasteiger partial charge is 0.123 e. The first-order chi connectivity index (χ1) is 15.4. The first-order valence-corrected chi connectivity index (χ1v) is 12.7. The molecule has 0 aromatic heterocycles. The van der Waals surface area contributed by atoms with Gasteiger partial charge in [-0.15, -0.1) is 0 Å². The molecule has 0 aliphatic carbocycles. The summed E-state index contributed by atoms with van der Waals surface area (Å²) in [6, 6.07) is 8.56. The van der Waals surface area contributed by atoms with Crippen molar-refractivity contribution in [2.75, 3.05) is 6.61 Å². The molecule has 2 aromatic carbocycles. The van der Waals surface area contributed by atoms with Crippen LogP contribution in [0, 0.1) is 0 Å². The number of aromatic hydroxyl groups is 2. The second kappa shape index (κ2) is 9.70. The third-order valence-corrected chi connectivity index (χ3v) is 7.09. The Hall–Kier alpha value is -2.00. The van der Waals surface area contributed by atoms with Crippen LogP contribution in [0.1, 0.15) is 114 Å². The molecule has 0 bridgehead atoms. The van der Waals surface area contributed by atoms with Crippen LogP contribution in [0.5, 0.6) is 11.5 Å². The lowest BCUT2D eigenvalue weighted by atomic mass is 9.75. The van der Waals surface area contributed by atoms with Gasteiger partial charge >= 0.3 is 0 Å². The molecule has 3 heteroatoms. The van der Waals surface area contributed by atoms with Crippen LogP contribution in [0.3, 0.4) is 0 Å². The molecule has 2 N–H and O–H groups in total. The first kappa shape index (κ1) is 25.6. The third-order valence-electron chi connectivity index (χ3n) is 7.09. The van der Waals surface area contributed by atoms with Gasteiger partial charge in [0.2, 0.25) is 0 Å². The van der Waals surface area contributed by atoms with E-state index in [9.17, 15) is 10.2 Å². The van der Waals surface area contributed by atoms with Crippen molar-refractivity contribution in [2.24, 2.45) is 0 Å². The van der Waals surface area contributed by atoms with Crippen molar-refractivity contribution in [3.8, 4) is 11.5 Å². The van der Waals surface area contributed by atoms with Crippen molar-refractivity contribution < 1.29 is 14.9 Å². The van der Waals surface area contributed by atoms with Gasteiger partial charge in [0, 0.05) is 23.7 Å². The normalized spacial score (nSPS) is 17.5. The Morgan fingerprint density at radius 2 is 1.24 bits per heavy atom. The van der Waals surface area contributed by atoms with Gasteiger partial charge in [-0.1, -0.05) is 79.7 Å². The highest BCUT2D eigenvalue weighted by Gasteiger charge is 2.35. The first-order valence-electron chi connectivity index (χ1n) is 12.7. The lowest BCUT2D eigenvalue weighted by Gasteiger charge is -2.35. The molecule has 1 heterocycles. The summed E-state index contributed by atoms with van der Waals surface area (Å²) in [6.45, 7) is 17.9. The van der Waals surface area contributed by atoms with Gasteiger partial charge in [-0.2, -0.15) is 0 Å². The maximum absolute atomic E-state index is 11.6. The highest BCUT2D eigenvalue weighted by atomic mass is 16.5. The summed E-state index contributed by atoms with van der Waals surface area (Å²) in [4.78, 5) is 0. The number of phenols is 2. The standard InChI is InChI=1S/C30H44O3/c1-9-19-15-21(27(31)23(17-19)29(3,4)5)26(25-13-11-12-14-33-25)22-16-20(10-2)18-24(28(22)32)30(6,7)8/h15-18,25-26,31-32H,9-14H2,1-8H3. The molecule has 0 amide bonds. The van der Waals surface area contributed by atoms with Gasteiger partial charge in [0.1, 0.15) is 11.5 Å². The molecule has 3 rings (SSSR count). The molecule has 0 saturated carbocycles. The Bertz CT molecular complexity index is 898. The number of hydrogen-bond acceptors (Lipinski definition) is 3. The number of benzene rings is 2. The van der Waals surface area contributed by atoms with Crippen LogP contribution < -0.4 is 0 Å². The van der Waals surface area contributed by atoms with Crippen molar-refractivity contribution in [3.63, 3.8) is 0 Å². The lowest BCUT2D eigenvalue weighted by molar-refractivity contribution is 0.00555. The molecule has 1 aliphatic heterocycles. The van der Waals surface area contributed by atoms with Crippen LogP contribution >= 0.6 is 0 Å². The Balaban J connectivity index is 2.35. The maximum Gasteiger partial charge on any atom is 0.123 e.